The van der Waals surface area contributed by atoms with Gasteiger partial charge in [-0.05, 0) is 5.80 Å². The van der Waals surface area contributed by atoms with Crippen LogP contribution in [0.5, 0.6) is 0 Å². The number of hydrogen-bond acceptors (Lipinski definition) is 2. The molecule has 1 rings (SSSR count). The highest BCUT2D eigenvalue weighted by Crippen LogP contribution is 1.92. The topological polar surface area (TPSA) is 25.8 Å². The number of nitrogens with zero attached hydrogens (tertiary/aromatic N) is 2. The molecular weight excluding hydrogens is 95.0 g/mol. The second kappa shape index (κ2) is 1.83. The second-order valence-corrected chi connectivity index (χ2v) is 1.62. The molecule has 0 unspecified atom stereocenters. The molecule has 0 spiro atoms. The van der Waals surface area contributed by atoms with Crippen LogP contribution in [0.1, 0.15) is 0 Å². The maximum absolute atomic E-state index is 3.58. The minimum atomic E-state index is 1.13. The standard InChI is InChI=1S/C3H3N2P/c1-2-6-3-5-4-1/h1-3H. The van der Waals surface area contributed by atoms with Gasteiger partial charge < -0.3 is 0 Å². The van der Waals surface area contributed by atoms with Crippen LogP contribution in [0.3, 0.4) is 0 Å². The van der Waals surface area contributed by atoms with Crippen molar-refractivity contribution in [3.05, 3.63) is 17.9 Å². The van der Waals surface area contributed by atoms with Gasteiger partial charge >= 0.3 is 0 Å². The first-order chi connectivity index (χ1) is 3.00. The zero-order chi connectivity index (χ0) is 4.24. The van der Waals surface area contributed by atoms with Crippen LogP contribution in [0, 0.1) is 0 Å². The van der Waals surface area contributed by atoms with E-state index in [2.05, 4.69) is 10.2 Å². The number of rotatable bonds is 0. The Morgan fingerprint density at radius 2 is 2.33 bits per heavy atom. The molecule has 2 nitrogen and oxygen atoms in total. The summed E-state index contributed by atoms with van der Waals surface area (Å²) in [5.41, 5.74) is 0. The summed E-state index contributed by atoms with van der Waals surface area (Å²) in [6, 6.07) is 0. The molecule has 0 fully saturated rings. The van der Waals surface area contributed by atoms with Crippen molar-refractivity contribution < 1.29 is 0 Å². The van der Waals surface area contributed by atoms with Crippen molar-refractivity contribution in [1.29, 1.82) is 0 Å². The largest absolute Gasteiger partial charge is 0.158 e. The van der Waals surface area contributed by atoms with Crippen LogP contribution < -0.4 is 0 Å². The van der Waals surface area contributed by atoms with Crippen LogP contribution in [-0.2, 0) is 0 Å². The van der Waals surface area contributed by atoms with Gasteiger partial charge in [0.1, 0.15) is 0 Å². The van der Waals surface area contributed by atoms with Crippen LogP contribution in [0.2, 0.25) is 0 Å². The van der Waals surface area contributed by atoms with Crippen LogP contribution >= 0.6 is 8.19 Å². The van der Waals surface area contributed by atoms with Crippen LogP contribution in [-0.4, -0.2) is 10.2 Å². The second-order valence-electron chi connectivity index (χ2n) is 0.794. The minimum Gasteiger partial charge on any atom is -0.158 e. The first-order valence-corrected chi connectivity index (χ1v) is 2.60. The van der Waals surface area contributed by atoms with Crippen molar-refractivity contribution in [2.75, 3.05) is 0 Å². The Morgan fingerprint density at radius 3 is 2.50 bits per heavy atom. The maximum Gasteiger partial charge on any atom is 0.0765 e. The van der Waals surface area contributed by atoms with Crippen molar-refractivity contribution in [2.24, 2.45) is 0 Å². The maximum atomic E-state index is 3.58. The average molecular weight is 98.0 g/mol. The van der Waals surface area contributed by atoms with Gasteiger partial charge in [-0.2, -0.15) is 10.2 Å². The van der Waals surface area contributed by atoms with Crippen molar-refractivity contribution in [3.63, 3.8) is 0 Å². The fraction of sp³-hybridized carbons (Fsp3) is 0. The van der Waals surface area contributed by atoms with Crippen molar-refractivity contribution in [3.8, 4) is 0 Å². The molecule has 0 radical (unpaired) electrons. The highest BCUT2D eigenvalue weighted by atomic mass is 31.0. The third-order valence-electron chi connectivity index (χ3n) is 0.404. The molecule has 0 saturated heterocycles. The Morgan fingerprint density at radius 1 is 1.33 bits per heavy atom. The molecule has 30 valence electrons. The van der Waals surface area contributed by atoms with E-state index in [0.29, 0.717) is 0 Å². The molecular formula is C3H3N2P. The zero-order valence-corrected chi connectivity index (χ0v) is 3.97. The Labute approximate surface area is 37.3 Å². The van der Waals surface area contributed by atoms with E-state index in [1.807, 2.05) is 5.80 Å². The first kappa shape index (κ1) is 3.69. The summed E-state index contributed by atoms with van der Waals surface area (Å²) in [4.78, 5) is 0. The number of hydrogen-bond donors (Lipinski definition) is 0. The monoisotopic (exact) mass is 98.0 g/mol. The SMILES string of the molecule is c1cpcnn1. The minimum absolute atomic E-state index is 1.13. The predicted molar refractivity (Wildman–Crippen MR) is 24.5 cm³/mol. The zero-order valence-electron chi connectivity index (χ0n) is 3.07. The van der Waals surface area contributed by atoms with E-state index in [1.54, 1.807) is 12.1 Å². The quantitative estimate of drug-likeness (QED) is 0.484. The fourth-order valence-electron chi connectivity index (χ4n) is 0.205. The van der Waals surface area contributed by atoms with Crippen LogP contribution in [0.4, 0.5) is 0 Å². The summed E-state index contributed by atoms with van der Waals surface area (Å²) in [7, 11) is 1.13. The van der Waals surface area contributed by atoms with Gasteiger partial charge in [0.25, 0.3) is 0 Å². The van der Waals surface area contributed by atoms with Gasteiger partial charge in [0.15, 0.2) is 0 Å². The van der Waals surface area contributed by atoms with Crippen molar-refractivity contribution in [2.45, 2.75) is 0 Å². The van der Waals surface area contributed by atoms with Crippen molar-refractivity contribution in [1.82, 2.24) is 10.2 Å². The predicted octanol–water partition coefficient (Wildman–Crippen LogP) is 1.06. The lowest BCUT2D eigenvalue weighted by molar-refractivity contribution is 1.06. The molecule has 0 aliphatic rings. The van der Waals surface area contributed by atoms with Gasteiger partial charge in [-0.15, -0.1) is 0 Å². The summed E-state index contributed by atoms with van der Waals surface area (Å²) in [6.45, 7) is 0. The lowest BCUT2D eigenvalue weighted by Crippen LogP contribution is -1.65. The van der Waals surface area contributed by atoms with Crippen LogP contribution in [0.25, 0.3) is 0 Å². The van der Waals surface area contributed by atoms with E-state index in [0.717, 1.165) is 8.19 Å². The van der Waals surface area contributed by atoms with Gasteiger partial charge in [0.2, 0.25) is 0 Å². The normalized spacial score (nSPS) is 9.33. The molecule has 0 aliphatic carbocycles. The lowest BCUT2D eigenvalue weighted by Gasteiger charge is -1.68. The smallest absolute Gasteiger partial charge is 0.0765 e. The highest BCUT2D eigenvalue weighted by Gasteiger charge is 1.60. The highest BCUT2D eigenvalue weighted by molar-refractivity contribution is 7.27. The molecule has 1 aromatic heterocycles. The van der Waals surface area contributed by atoms with Gasteiger partial charge in [0.05, 0.1) is 12.1 Å². The van der Waals surface area contributed by atoms with Gasteiger partial charge in [-0.1, -0.05) is 8.19 Å². The van der Waals surface area contributed by atoms with Gasteiger partial charge in [-0.25, -0.2) is 0 Å². The van der Waals surface area contributed by atoms with Crippen LogP contribution in [0.15, 0.2) is 17.9 Å². The molecule has 0 bridgehead atoms. The fourth-order valence-corrected chi connectivity index (χ4v) is 0.538. The van der Waals surface area contributed by atoms with E-state index in [4.69, 9.17) is 0 Å². The van der Waals surface area contributed by atoms with E-state index >= 15 is 0 Å². The molecule has 0 aliphatic heterocycles. The lowest BCUT2D eigenvalue weighted by atomic mass is 11.0. The summed E-state index contributed by atoms with van der Waals surface area (Å²) in [5, 5.41) is 7.14. The molecule has 0 atom stereocenters. The molecule has 0 aromatic carbocycles. The molecule has 1 heterocycles. The van der Waals surface area contributed by atoms with E-state index in [9.17, 15) is 0 Å². The third-order valence-corrected chi connectivity index (χ3v) is 0.946. The Hall–Kier alpha value is -0.490. The summed E-state index contributed by atoms with van der Waals surface area (Å²) >= 11 is 0. The van der Waals surface area contributed by atoms with Gasteiger partial charge in [-0.3, -0.25) is 0 Å². The molecule has 0 amide bonds. The Balaban J connectivity index is 3.00. The Bertz CT molecular complexity index is 80.7. The molecule has 0 saturated carbocycles. The molecule has 3 heteroatoms. The van der Waals surface area contributed by atoms with Crippen molar-refractivity contribution >= 4 is 8.19 Å². The van der Waals surface area contributed by atoms with E-state index < -0.39 is 0 Å². The van der Waals surface area contributed by atoms with Gasteiger partial charge in [0, 0.05) is 0 Å². The summed E-state index contributed by atoms with van der Waals surface area (Å²) in [5.74, 6) is 3.66. The number of aromatic nitrogens is 2. The molecule has 0 N–H and O–H groups in total. The molecule has 1 aromatic rings. The first-order valence-electron chi connectivity index (χ1n) is 1.57. The Kier molecular flexibility index (Phi) is 1.13. The van der Waals surface area contributed by atoms with E-state index in [-0.39, 0.29) is 0 Å². The summed E-state index contributed by atoms with van der Waals surface area (Å²) in [6.07, 6.45) is 1.68. The third kappa shape index (κ3) is 0.728. The van der Waals surface area contributed by atoms with E-state index in [1.165, 1.54) is 0 Å². The summed E-state index contributed by atoms with van der Waals surface area (Å²) < 4.78 is 0. The average Bonchev–Trinajstić information content (AvgIpc) is 1.72. The molecule has 6 heavy (non-hydrogen) atoms.